The van der Waals surface area contributed by atoms with Gasteiger partial charge in [-0.1, -0.05) is 42.5 Å². The number of nitro benzene ring substituents is 1. The summed E-state index contributed by atoms with van der Waals surface area (Å²) in [4.78, 5) is 24.3. The van der Waals surface area contributed by atoms with Gasteiger partial charge in [-0.2, -0.15) is 0 Å². The van der Waals surface area contributed by atoms with Gasteiger partial charge >= 0.3 is 0 Å². The van der Waals surface area contributed by atoms with Crippen LogP contribution in [0.25, 0.3) is 23.3 Å². The number of carbonyl (C=O) groups is 1. The molecule has 0 fully saturated rings. The number of allylic oxidation sites excluding steroid dienone is 5. The lowest BCUT2D eigenvalue weighted by atomic mass is 9.75. The molecule has 3 aliphatic rings. The maximum atomic E-state index is 14.2. The largest absolute Gasteiger partial charge is 0.364 e. The van der Waals surface area contributed by atoms with Crippen LogP contribution >= 0.6 is 0 Å². The van der Waals surface area contributed by atoms with Crippen molar-refractivity contribution in [3.63, 3.8) is 0 Å². The van der Waals surface area contributed by atoms with Crippen molar-refractivity contribution in [2.24, 2.45) is 5.92 Å². The Morgan fingerprint density at radius 1 is 0.973 bits per heavy atom. The number of nitrogens with zero attached hydrogens (tertiary/aromatic N) is 1. The molecule has 3 aromatic rings. The molecule has 2 unspecified atom stereocenters. The fourth-order valence-electron chi connectivity index (χ4n) is 5.56. The predicted octanol–water partition coefficient (Wildman–Crippen LogP) is 5.06. The van der Waals surface area contributed by atoms with E-state index >= 15 is 0 Å². The molecule has 0 spiro atoms. The molecule has 0 radical (unpaired) electrons. The van der Waals surface area contributed by atoms with Gasteiger partial charge in [-0.05, 0) is 82.0 Å². The van der Waals surface area contributed by atoms with Gasteiger partial charge < -0.3 is 5.32 Å². The van der Waals surface area contributed by atoms with Crippen LogP contribution in [0.1, 0.15) is 33.8 Å². The summed E-state index contributed by atoms with van der Waals surface area (Å²) in [6.07, 6.45) is 15.2. The summed E-state index contributed by atoms with van der Waals surface area (Å²) in [5, 5.41) is 16.5. The molecular formula is C31H23FN2O3. The third-order valence-electron chi connectivity index (χ3n) is 7.36. The molecule has 2 aliphatic carbocycles. The minimum atomic E-state index is -0.471. The van der Waals surface area contributed by atoms with Crippen LogP contribution in [0, 0.1) is 21.8 Å². The van der Waals surface area contributed by atoms with Crippen LogP contribution in [0.3, 0.4) is 0 Å². The average molecular weight is 491 g/mol. The van der Waals surface area contributed by atoms with Crippen molar-refractivity contribution in [1.29, 1.82) is 0 Å². The van der Waals surface area contributed by atoms with Crippen molar-refractivity contribution in [3.05, 3.63) is 134 Å². The van der Waals surface area contributed by atoms with E-state index in [2.05, 4.69) is 23.5 Å². The quantitative estimate of drug-likeness (QED) is 0.315. The third kappa shape index (κ3) is 4.10. The fraction of sp³-hybridized carbons (Fsp3) is 0.129. The number of nitrogens with one attached hydrogen (secondary N) is 1. The van der Waals surface area contributed by atoms with Gasteiger partial charge in [0.1, 0.15) is 5.82 Å². The number of hydrogen-bond acceptors (Lipinski definition) is 4. The summed E-state index contributed by atoms with van der Waals surface area (Å²) < 4.78 is 14.2. The molecule has 1 aliphatic heterocycles. The Bertz CT molecular complexity index is 1670. The first-order valence-corrected chi connectivity index (χ1v) is 12.2. The van der Waals surface area contributed by atoms with E-state index in [0.29, 0.717) is 18.4 Å². The standard InChI is InChI=1S/C31H23FN2O3/c32-22-9-5-19-8-12-25-24(27(19)18-22)13-14-26-28(25)16-21(17-29(26)30-4-2-1-3-15-33-30)31(35)20-6-10-23(11-7-20)34(36)37/h1-7,9-16,18,21,29,33H,8,17H2. The highest BCUT2D eigenvalue weighted by molar-refractivity contribution is 6.01. The normalized spacial score (nSPS) is 19.1. The molecule has 3 aromatic carbocycles. The van der Waals surface area contributed by atoms with E-state index in [4.69, 9.17) is 0 Å². The Morgan fingerprint density at radius 3 is 2.62 bits per heavy atom. The monoisotopic (exact) mass is 490 g/mol. The topological polar surface area (TPSA) is 72.2 Å². The number of benzene rings is 3. The second kappa shape index (κ2) is 9.13. The molecule has 0 saturated carbocycles. The van der Waals surface area contributed by atoms with Crippen molar-refractivity contribution in [2.75, 3.05) is 0 Å². The minimum Gasteiger partial charge on any atom is -0.364 e. The number of nitro groups is 1. The summed E-state index contributed by atoms with van der Waals surface area (Å²) in [7, 11) is 0. The number of non-ortho nitro benzene ring substituents is 1. The molecule has 0 bridgehead atoms. The maximum Gasteiger partial charge on any atom is 0.269 e. The Labute approximate surface area is 212 Å². The van der Waals surface area contributed by atoms with Crippen molar-refractivity contribution in [2.45, 2.75) is 18.8 Å². The van der Waals surface area contributed by atoms with E-state index < -0.39 is 10.8 Å². The van der Waals surface area contributed by atoms with Gasteiger partial charge in [-0.25, -0.2) is 4.39 Å². The van der Waals surface area contributed by atoms with E-state index in [1.165, 1.54) is 30.3 Å². The molecule has 6 heteroatoms. The number of hydrogen-bond donors (Lipinski definition) is 1. The van der Waals surface area contributed by atoms with E-state index in [0.717, 1.165) is 38.4 Å². The van der Waals surface area contributed by atoms with E-state index in [9.17, 15) is 19.3 Å². The molecule has 2 atom stereocenters. The van der Waals surface area contributed by atoms with E-state index in [-0.39, 0.29) is 23.2 Å². The van der Waals surface area contributed by atoms with Crippen LogP contribution in [0.15, 0.2) is 90.8 Å². The molecule has 0 aromatic heterocycles. The zero-order valence-corrected chi connectivity index (χ0v) is 19.9. The molecule has 0 saturated heterocycles. The van der Waals surface area contributed by atoms with Gasteiger partial charge in [0.2, 0.25) is 0 Å². The lowest BCUT2D eigenvalue weighted by Gasteiger charge is -2.30. The Balaban J connectivity index is 1.51. The van der Waals surface area contributed by atoms with Crippen molar-refractivity contribution in [1.82, 2.24) is 5.32 Å². The summed E-state index contributed by atoms with van der Waals surface area (Å²) in [6, 6.07) is 14.8. The average Bonchev–Trinajstić information content (AvgIpc) is 3.21. The smallest absolute Gasteiger partial charge is 0.269 e. The van der Waals surface area contributed by atoms with Crippen LogP contribution in [0.4, 0.5) is 10.1 Å². The number of fused-ring (bicyclic) bond motifs is 5. The van der Waals surface area contributed by atoms with Crippen LogP contribution in [-0.2, 0) is 6.42 Å². The molecular weight excluding hydrogens is 467 g/mol. The van der Waals surface area contributed by atoms with Gasteiger partial charge in [0, 0.05) is 41.4 Å². The van der Waals surface area contributed by atoms with Crippen LogP contribution in [-0.4, -0.2) is 10.7 Å². The van der Waals surface area contributed by atoms with Gasteiger partial charge in [0.15, 0.2) is 5.78 Å². The molecule has 1 N–H and O–H groups in total. The Hall–Kier alpha value is -4.58. The Morgan fingerprint density at radius 2 is 1.81 bits per heavy atom. The van der Waals surface area contributed by atoms with Crippen LogP contribution in [0.5, 0.6) is 0 Å². The van der Waals surface area contributed by atoms with Crippen molar-refractivity contribution in [3.8, 4) is 11.1 Å². The van der Waals surface area contributed by atoms with E-state index in [1.807, 2.05) is 42.6 Å². The second-order valence-electron chi connectivity index (χ2n) is 9.48. The first-order valence-electron chi connectivity index (χ1n) is 12.2. The first-order chi connectivity index (χ1) is 18.0. The third-order valence-corrected chi connectivity index (χ3v) is 7.36. The van der Waals surface area contributed by atoms with Gasteiger partial charge in [0.05, 0.1) is 4.92 Å². The molecule has 37 heavy (non-hydrogen) atoms. The summed E-state index contributed by atoms with van der Waals surface area (Å²) in [5.74, 6) is -0.840. The SMILES string of the molecule is O=C(c1ccc([N+](=O)[O-])cc1)C1C=c2c(ccc3c2=CCc2ccc(F)cc2-3)C(C2=CC=CC=CN2)C1. The first kappa shape index (κ1) is 22.9. The molecule has 0 amide bonds. The summed E-state index contributed by atoms with van der Waals surface area (Å²) in [5.41, 5.74) is 5.41. The number of halogens is 1. The molecule has 182 valence electrons. The highest BCUT2D eigenvalue weighted by atomic mass is 19.1. The van der Waals surface area contributed by atoms with Crippen LogP contribution in [0.2, 0.25) is 0 Å². The lowest BCUT2D eigenvalue weighted by molar-refractivity contribution is -0.384. The number of Topliss-reactive ketones (excluding diaryl/α,β-unsaturated/α-hetero) is 1. The predicted molar refractivity (Wildman–Crippen MR) is 141 cm³/mol. The zero-order chi connectivity index (χ0) is 25.5. The molecule has 1 heterocycles. The van der Waals surface area contributed by atoms with Gasteiger partial charge in [-0.15, -0.1) is 0 Å². The van der Waals surface area contributed by atoms with Gasteiger partial charge in [-0.3, -0.25) is 14.9 Å². The van der Waals surface area contributed by atoms with Gasteiger partial charge in [0.25, 0.3) is 5.69 Å². The summed E-state index contributed by atoms with van der Waals surface area (Å²) >= 11 is 0. The van der Waals surface area contributed by atoms with Crippen molar-refractivity contribution >= 4 is 23.6 Å². The second-order valence-corrected chi connectivity index (χ2v) is 9.48. The minimum absolute atomic E-state index is 0.0478. The highest BCUT2D eigenvalue weighted by Crippen LogP contribution is 2.35. The Kier molecular flexibility index (Phi) is 5.64. The highest BCUT2D eigenvalue weighted by Gasteiger charge is 2.31. The number of rotatable bonds is 4. The fourth-order valence-corrected chi connectivity index (χ4v) is 5.56. The van der Waals surface area contributed by atoms with E-state index in [1.54, 1.807) is 6.07 Å². The maximum absolute atomic E-state index is 14.2. The zero-order valence-electron chi connectivity index (χ0n) is 19.9. The number of carbonyl (C=O) groups excluding carboxylic acids is 1. The number of ketones is 1. The van der Waals surface area contributed by atoms with Crippen LogP contribution < -0.4 is 15.8 Å². The van der Waals surface area contributed by atoms with Crippen molar-refractivity contribution < 1.29 is 14.1 Å². The molecule has 6 rings (SSSR count). The molecule has 5 nitrogen and oxygen atoms in total. The summed E-state index contributed by atoms with van der Waals surface area (Å²) in [6.45, 7) is 0. The lowest BCUT2D eigenvalue weighted by Crippen LogP contribution is -2.40.